The van der Waals surface area contributed by atoms with Gasteiger partial charge in [-0.3, -0.25) is 0 Å². The van der Waals surface area contributed by atoms with Gasteiger partial charge in [-0.05, 0) is 29.2 Å². The second-order valence-electron chi connectivity index (χ2n) is 5.80. The maximum absolute atomic E-state index is 6.06. The van der Waals surface area contributed by atoms with Crippen LogP contribution in [0.1, 0.15) is 35.5 Å². The maximum atomic E-state index is 6.06. The van der Waals surface area contributed by atoms with Crippen LogP contribution in [-0.2, 0) is 12.8 Å². The van der Waals surface area contributed by atoms with Crippen molar-refractivity contribution in [3.63, 3.8) is 0 Å². The zero-order chi connectivity index (χ0) is 16.2. The summed E-state index contributed by atoms with van der Waals surface area (Å²) in [5, 5.41) is 1.17. The molecule has 2 nitrogen and oxygen atoms in total. The standard InChI is InChI=1S/C19H18Cl2N2/c1-13(15-5-3-2-4-6-15)9-19-22-12-16(23-19)10-14-7-8-17(20)18(21)11-14/h2-8,11-13H,9-10H2,1H3,(H,22,23). The molecule has 118 valence electrons. The molecule has 0 aliphatic rings. The first kappa shape index (κ1) is 16.1. The quantitative estimate of drug-likeness (QED) is 0.636. The van der Waals surface area contributed by atoms with E-state index in [1.165, 1.54) is 5.56 Å². The highest BCUT2D eigenvalue weighted by Crippen LogP contribution is 2.24. The molecule has 0 saturated heterocycles. The van der Waals surface area contributed by atoms with Gasteiger partial charge in [-0.15, -0.1) is 0 Å². The Bertz CT molecular complexity index is 781. The molecule has 0 radical (unpaired) electrons. The monoisotopic (exact) mass is 344 g/mol. The average molecular weight is 345 g/mol. The molecule has 3 aromatic rings. The highest BCUT2D eigenvalue weighted by atomic mass is 35.5. The third-order valence-corrected chi connectivity index (χ3v) is 4.67. The number of aromatic amines is 1. The fourth-order valence-corrected chi connectivity index (χ4v) is 2.98. The lowest BCUT2D eigenvalue weighted by molar-refractivity contribution is 0.725. The van der Waals surface area contributed by atoms with Crippen molar-refractivity contribution in [3.05, 3.63) is 87.4 Å². The van der Waals surface area contributed by atoms with Gasteiger partial charge in [0.1, 0.15) is 5.82 Å². The van der Waals surface area contributed by atoms with Gasteiger partial charge in [0.25, 0.3) is 0 Å². The smallest absolute Gasteiger partial charge is 0.106 e. The fraction of sp³-hybridized carbons (Fsp3) is 0.211. The van der Waals surface area contributed by atoms with Crippen LogP contribution in [0.25, 0.3) is 0 Å². The summed E-state index contributed by atoms with van der Waals surface area (Å²) < 4.78 is 0. The van der Waals surface area contributed by atoms with E-state index in [-0.39, 0.29) is 0 Å². The van der Waals surface area contributed by atoms with E-state index in [4.69, 9.17) is 23.2 Å². The SMILES string of the molecule is CC(Cc1ncc(Cc2ccc(Cl)c(Cl)c2)[nH]1)c1ccccc1. The topological polar surface area (TPSA) is 28.7 Å². The molecular formula is C19H18Cl2N2. The van der Waals surface area contributed by atoms with Crippen LogP contribution in [0, 0.1) is 0 Å². The van der Waals surface area contributed by atoms with E-state index in [0.29, 0.717) is 16.0 Å². The summed E-state index contributed by atoms with van der Waals surface area (Å²) in [6.45, 7) is 2.22. The van der Waals surface area contributed by atoms with Crippen LogP contribution in [0.5, 0.6) is 0 Å². The molecule has 0 spiro atoms. The molecular weight excluding hydrogens is 327 g/mol. The molecule has 1 aromatic heterocycles. The molecule has 0 aliphatic heterocycles. The zero-order valence-corrected chi connectivity index (χ0v) is 14.4. The van der Waals surface area contributed by atoms with E-state index in [9.17, 15) is 0 Å². The predicted molar refractivity (Wildman–Crippen MR) is 96.4 cm³/mol. The third kappa shape index (κ3) is 4.15. The van der Waals surface area contributed by atoms with Gasteiger partial charge in [-0.1, -0.05) is 66.5 Å². The van der Waals surface area contributed by atoms with Crippen molar-refractivity contribution in [1.82, 2.24) is 9.97 Å². The van der Waals surface area contributed by atoms with Gasteiger partial charge in [0.15, 0.2) is 0 Å². The number of hydrogen-bond donors (Lipinski definition) is 1. The van der Waals surface area contributed by atoms with Gasteiger partial charge in [0.2, 0.25) is 0 Å². The Balaban J connectivity index is 1.67. The molecule has 3 rings (SSSR count). The Morgan fingerprint density at radius 2 is 1.83 bits per heavy atom. The number of halogens is 2. The number of nitrogens with one attached hydrogen (secondary N) is 1. The Labute approximate surface area is 146 Å². The minimum absolute atomic E-state index is 0.431. The molecule has 1 unspecified atom stereocenters. The van der Waals surface area contributed by atoms with E-state index in [1.54, 1.807) is 0 Å². The fourth-order valence-electron chi connectivity index (χ4n) is 2.66. The lowest BCUT2D eigenvalue weighted by atomic mass is 9.98. The second kappa shape index (κ2) is 7.20. The van der Waals surface area contributed by atoms with Gasteiger partial charge in [-0.25, -0.2) is 4.98 Å². The summed E-state index contributed by atoms with van der Waals surface area (Å²) in [4.78, 5) is 7.91. The Hall–Kier alpha value is -1.77. The number of aromatic nitrogens is 2. The average Bonchev–Trinajstić information content (AvgIpc) is 2.99. The number of nitrogens with zero attached hydrogens (tertiary/aromatic N) is 1. The lowest BCUT2D eigenvalue weighted by Gasteiger charge is -2.09. The summed E-state index contributed by atoms with van der Waals surface area (Å²) in [6, 6.07) is 16.2. The Kier molecular flexibility index (Phi) is 5.04. The van der Waals surface area contributed by atoms with Crippen LogP contribution in [0.2, 0.25) is 10.0 Å². The molecule has 0 fully saturated rings. The van der Waals surface area contributed by atoms with E-state index in [0.717, 1.165) is 29.9 Å². The lowest BCUT2D eigenvalue weighted by Crippen LogP contribution is -2.00. The van der Waals surface area contributed by atoms with E-state index in [2.05, 4.69) is 41.2 Å². The number of imidazole rings is 1. The predicted octanol–water partition coefficient (Wildman–Crippen LogP) is 5.65. The molecule has 1 N–H and O–H groups in total. The van der Waals surface area contributed by atoms with Gasteiger partial charge in [0.05, 0.1) is 10.0 Å². The van der Waals surface area contributed by atoms with Crippen LogP contribution in [0.4, 0.5) is 0 Å². The number of H-pyrrole nitrogens is 1. The Morgan fingerprint density at radius 1 is 1.04 bits per heavy atom. The molecule has 0 bridgehead atoms. The molecule has 4 heteroatoms. The molecule has 0 aliphatic carbocycles. The highest BCUT2D eigenvalue weighted by molar-refractivity contribution is 6.42. The van der Waals surface area contributed by atoms with Gasteiger partial charge in [-0.2, -0.15) is 0 Å². The van der Waals surface area contributed by atoms with Crippen molar-refractivity contribution in [1.29, 1.82) is 0 Å². The van der Waals surface area contributed by atoms with Crippen molar-refractivity contribution in [2.75, 3.05) is 0 Å². The number of benzene rings is 2. The second-order valence-corrected chi connectivity index (χ2v) is 6.61. The van der Waals surface area contributed by atoms with Crippen LogP contribution in [0.15, 0.2) is 54.7 Å². The van der Waals surface area contributed by atoms with Gasteiger partial charge in [0, 0.05) is 24.7 Å². The van der Waals surface area contributed by atoms with Crippen molar-refractivity contribution in [3.8, 4) is 0 Å². The molecule has 1 atom stereocenters. The van der Waals surface area contributed by atoms with Crippen LogP contribution in [0.3, 0.4) is 0 Å². The van der Waals surface area contributed by atoms with Crippen molar-refractivity contribution in [2.45, 2.75) is 25.7 Å². The van der Waals surface area contributed by atoms with Gasteiger partial charge < -0.3 is 4.98 Å². The minimum atomic E-state index is 0.431. The highest BCUT2D eigenvalue weighted by Gasteiger charge is 2.10. The molecule has 1 heterocycles. The van der Waals surface area contributed by atoms with Crippen molar-refractivity contribution >= 4 is 23.2 Å². The normalized spacial score (nSPS) is 12.3. The van der Waals surface area contributed by atoms with Crippen LogP contribution in [-0.4, -0.2) is 9.97 Å². The van der Waals surface area contributed by atoms with E-state index >= 15 is 0 Å². The maximum Gasteiger partial charge on any atom is 0.106 e. The first-order valence-corrected chi connectivity index (χ1v) is 8.39. The third-order valence-electron chi connectivity index (χ3n) is 3.93. The first-order chi connectivity index (χ1) is 11.1. The summed E-state index contributed by atoms with van der Waals surface area (Å²) in [5.41, 5.74) is 3.53. The van der Waals surface area contributed by atoms with Crippen LogP contribution < -0.4 is 0 Å². The first-order valence-electron chi connectivity index (χ1n) is 7.63. The minimum Gasteiger partial charge on any atom is -0.346 e. The summed E-state index contributed by atoms with van der Waals surface area (Å²) in [5.74, 6) is 1.44. The molecule has 0 amide bonds. The van der Waals surface area contributed by atoms with Crippen molar-refractivity contribution in [2.24, 2.45) is 0 Å². The van der Waals surface area contributed by atoms with Crippen LogP contribution >= 0.6 is 23.2 Å². The van der Waals surface area contributed by atoms with E-state index in [1.807, 2.05) is 30.5 Å². The molecule has 23 heavy (non-hydrogen) atoms. The summed E-state index contributed by atoms with van der Waals surface area (Å²) in [6.07, 6.45) is 3.56. The number of rotatable bonds is 5. The zero-order valence-electron chi connectivity index (χ0n) is 12.9. The molecule has 2 aromatic carbocycles. The summed E-state index contributed by atoms with van der Waals surface area (Å²) >= 11 is 12.0. The number of hydrogen-bond acceptors (Lipinski definition) is 1. The van der Waals surface area contributed by atoms with Crippen molar-refractivity contribution < 1.29 is 0 Å². The van der Waals surface area contributed by atoms with E-state index < -0.39 is 0 Å². The Morgan fingerprint density at radius 3 is 2.57 bits per heavy atom. The van der Waals surface area contributed by atoms with Gasteiger partial charge >= 0.3 is 0 Å². The molecule has 0 saturated carbocycles. The largest absolute Gasteiger partial charge is 0.346 e. The summed E-state index contributed by atoms with van der Waals surface area (Å²) in [7, 11) is 0.